The van der Waals surface area contributed by atoms with Crippen LogP contribution in [0.4, 0.5) is 17.1 Å². The van der Waals surface area contributed by atoms with Gasteiger partial charge in [-0.3, -0.25) is 10.1 Å². The molecule has 2 rings (SSSR count). The van der Waals surface area contributed by atoms with Crippen LogP contribution in [0.5, 0.6) is 0 Å². The van der Waals surface area contributed by atoms with Crippen molar-refractivity contribution in [2.75, 3.05) is 29.9 Å². The maximum Gasteiger partial charge on any atom is 0.273 e. The summed E-state index contributed by atoms with van der Waals surface area (Å²) in [5, 5.41) is 14.2. The van der Waals surface area contributed by atoms with Gasteiger partial charge >= 0.3 is 0 Å². The van der Waals surface area contributed by atoms with Crippen LogP contribution >= 0.6 is 0 Å². The molecule has 1 atom stereocenters. The molecular weight excluding hydrogens is 254 g/mol. The summed E-state index contributed by atoms with van der Waals surface area (Å²) < 4.78 is 0. The Morgan fingerprint density at radius 3 is 2.85 bits per heavy atom. The zero-order chi connectivity index (χ0) is 14.5. The van der Waals surface area contributed by atoms with Gasteiger partial charge in [0.15, 0.2) is 0 Å². The van der Waals surface area contributed by atoms with E-state index in [1.807, 2.05) is 13.0 Å². The third-order valence-corrected chi connectivity index (χ3v) is 3.84. The van der Waals surface area contributed by atoms with Crippen molar-refractivity contribution in [2.45, 2.75) is 33.1 Å². The van der Waals surface area contributed by atoms with Gasteiger partial charge in [0.2, 0.25) is 0 Å². The Morgan fingerprint density at radius 2 is 2.20 bits per heavy atom. The molecule has 5 nitrogen and oxygen atoms in total. The van der Waals surface area contributed by atoms with E-state index in [-0.39, 0.29) is 10.6 Å². The van der Waals surface area contributed by atoms with Gasteiger partial charge in [0.1, 0.15) is 0 Å². The van der Waals surface area contributed by atoms with E-state index in [1.54, 1.807) is 12.1 Å². The summed E-state index contributed by atoms with van der Waals surface area (Å²) in [6.07, 6.45) is 3.63. The number of rotatable bonds is 6. The van der Waals surface area contributed by atoms with Gasteiger partial charge in [0, 0.05) is 43.1 Å². The van der Waals surface area contributed by atoms with Crippen LogP contribution in [-0.4, -0.2) is 24.6 Å². The van der Waals surface area contributed by atoms with Crippen molar-refractivity contribution < 1.29 is 4.92 Å². The third kappa shape index (κ3) is 3.40. The van der Waals surface area contributed by atoms with E-state index in [2.05, 4.69) is 17.1 Å². The van der Waals surface area contributed by atoms with Crippen LogP contribution in [0.2, 0.25) is 0 Å². The van der Waals surface area contributed by atoms with Gasteiger partial charge in [0.05, 0.1) is 4.92 Å². The normalized spacial score (nSPS) is 18.3. The molecule has 1 N–H and O–H groups in total. The first kappa shape index (κ1) is 14.6. The van der Waals surface area contributed by atoms with Crippen molar-refractivity contribution >= 4 is 17.1 Å². The highest BCUT2D eigenvalue weighted by Crippen LogP contribution is 2.31. The molecule has 1 aliphatic rings. The van der Waals surface area contributed by atoms with Crippen molar-refractivity contribution in [3.63, 3.8) is 0 Å². The minimum Gasteiger partial charge on any atom is -0.385 e. The first-order valence-corrected chi connectivity index (χ1v) is 7.42. The second kappa shape index (κ2) is 6.59. The van der Waals surface area contributed by atoms with Gasteiger partial charge in [-0.05, 0) is 31.7 Å². The van der Waals surface area contributed by atoms with Gasteiger partial charge in [-0.15, -0.1) is 0 Å². The summed E-state index contributed by atoms with van der Waals surface area (Å²) in [5.41, 5.74) is 1.96. The fourth-order valence-electron chi connectivity index (χ4n) is 2.90. The van der Waals surface area contributed by atoms with Gasteiger partial charge < -0.3 is 10.2 Å². The molecule has 1 aromatic carbocycles. The van der Waals surface area contributed by atoms with Crippen LogP contribution in [0, 0.1) is 16.0 Å². The smallest absolute Gasteiger partial charge is 0.273 e. The van der Waals surface area contributed by atoms with E-state index < -0.39 is 0 Å². The monoisotopic (exact) mass is 277 g/mol. The average Bonchev–Trinajstić information content (AvgIpc) is 2.88. The molecule has 1 aliphatic heterocycles. The second-order valence-electron chi connectivity index (χ2n) is 5.41. The lowest BCUT2D eigenvalue weighted by Crippen LogP contribution is -2.20. The van der Waals surface area contributed by atoms with Gasteiger partial charge in [-0.25, -0.2) is 0 Å². The molecule has 0 bridgehead atoms. The minimum atomic E-state index is -0.316. The fraction of sp³-hybridized carbons (Fsp3) is 0.600. The van der Waals surface area contributed by atoms with Crippen LogP contribution in [0.25, 0.3) is 0 Å². The van der Waals surface area contributed by atoms with E-state index in [1.165, 1.54) is 19.3 Å². The maximum atomic E-state index is 11.1. The van der Waals surface area contributed by atoms with E-state index in [4.69, 9.17) is 0 Å². The van der Waals surface area contributed by atoms with Crippen LogP contribution in [-0.2, 0) is 0 Å². The SMILES string of the molecule is CCCC1CCN(c2cc(NCC)cc([N+](=O)[O-])c2)C1. The summed E-state index contributed by atoms with van der Waals surface area (Å²) in [4.78, 5) is 13.0. The lowest BCUT2D eigenvalue weighted by molar-refractivity contribution is -0.384. The molecule has 0 aromatic heterocycles. The average molecular weight is 277 g/mol. The molecule has 1 aromatic rings. The first-order valence-electron chi connectivity index (χ1n) is 7.42. The van der Waals surface area contributed by atoms with Crippen molar-refractivity contribution in [3.05, 3.63) is 28.3 Å². The zero-order valence-electron chi connectivity index (χ0n) is 12.3. The number of nitrogens with one attached hydrogen (secondary N) is 1. The fourth-order valence-corrected chi connectivity index (χ4v) is 2.90. The molecule has 20 heavy (non-hydrogen) atoms. The Morgan fingerprint density at radius 1 is 1.40 bits per heavy atom. The molecule has 0 amide bonds. The zero-order valence-corrected chi connectivity index (χ0v) is 12.3. The van der Waals surface area contributed by atoms with Crippen molar-refractivity contribution in [3.8, 4) is 0 Å². The van der Waals surface area contributed by atoms with E-state index in [0.29, 0.717) is 0 Å². The molecule has 1 heterocycles. The summed E-state index contributed by atoms with van der Waals surface area (Å²) in [6.45, 7) is 6.97. The number of anilines is 2. The van der Waals surface area contributed by atoms with Gasteiger partial charge in [-0.1, -0.05) is 13.3 Å². The molecule has 1 fully saturated rings. The van der Waals surface area contributed by atoms with Crippen LogP contribution in [0.15, 0.2) is 18.2 Å². The van der Waals surface area contributed by atoms with Crippen LogP contribution in [0.3, 0.4) is 0 Å². The topological polar surface area (TPSA) is 58.4 Å². The molecule has 1 saturated heterocycles. The number of hydrogen-bond acceptors (Lipinski definition) is 4. The molecule has 0 aliphatic carbocycles. The lowest BCUT2D eigenvalue weighted by atomic mass is 10.0. The molecule has 5 heteroatoms. The highest BCUT2D eigenvalue weighted by Gasteiger charge is 2.23. The standard InChI is InChI=1S/C15H23N3O2/c1-3-5-12-6-7-17(11-12)14-8-13(16-4-2)9-15(10-14)18(19)20/h8-10,12,16H,3-7,11H2,1-2H3. The molecule has 110 valence electrons. The quantitative estimate of drug-likeness (QED) is 0.637. The molecule has 0 saturated carbocycles. The lowest BCUT2D eigenvalue weighted by Gasteiger charge is -2.19. The molecule has 1 unspecified atom stereocenters. The summed E-state index contributed by atoms with van der Waals surface area (Å²) in [5.74, 6) is 0.724. The predicted octanol–water partition coefficient (Wildman–Crippen LogP) is 3.65. The molecular formula is C15H23N3O2. The first-order chi connectivity index (χ1) is 9.63. The molecule has 0 radical (unpaired) electrons. The summed E-state index contributed by atoms with van der Waals surface area (Å²) in [6, 6.07) is 5.31. The Hall–Kier alpha value is -1.78. The Kier molecular flexibility index (Phi) is 4.82. The Bertz CT molecular complexity index is 476. The van der Waals surface area contributed by atoms with E-state index >= 15 is 0 Å². The second-order valence-corrected chi connectivity index (χ2v) is 5.41. The van der Waals surface area contributed by atoms with E-state index in [9.17, 15) is 10.1 Å². The number of non-ortho nitro benzene ring substituents is 1. The maximum absolute atomic E-state index is 11.1. The number of nitro benzene ring substituents is 1. The number of benzene rings is 1. The van der Waals surface area contributed by atoms with Crippen LogP contribution < -0.4 is 10.2 Å². The highest BCUT2D eigenvalue weighted by molar-refractivity contribution is 5.64. The minimum absolute atomic E-state index is 0.164. The Labute approximate surface area is 120 Å². The van der Waals surface area contributed by atoms with Crippen molar-refractivity contribution in [1.29, 1.82) is 0 Å². The summed E-state index contributed by atoms with van der Waals surface area (Å²) in [7, 11) is 0. The third-order valence-electron chi connectivity index (χ3n) is 3.84. The predicted molar refractivity (Wildman–Crippen MR) is 82.5 cm³/mol. The van der Waals surface area contributed by atoms with E-state index in [0.717, 1.165) is 36.9 Å². The number of nitro groups is 1. The molecule has 0 spiro atoms. The largest absolute Gasteiger partial charge is 0.385 e. The number of hydrogen-bond donors (Lipinski definition) is 1. The highest BCUT2D eigenvalue weighted by atomic mass is 16.6. The van der Waals surface area contributed by atoms with Crippen molar-refractivity contribution in [2.24, 2.45) is 5.92 Å². The van der Waals surface area contributed by atoms with Gasteiger partial charge in [-0.2, -0.15) is 0 Å². The van der Waals surface area contributed by atoms with Crippen molar-refractivity contribution in [1.82, 2.24) is 0 Å². The Balaban J connectivity index is 2.20. The summed E-state index contributed by atoms with van der Waals surface area (Å²) >= 11 is 0. The van der Waals surface area contributed by atoms with Gasteiger partial charge in [0.25, 0.3) is 5.69 Å². The number of nitrogens with zero attached hydrogens (tertiary/aromatic N) is 2. The van der Waals surface area contributed by atoms with Crippen LogP contribution in [0.1, 0.15) is 33.1 Å².